The van der Waals surface area contributed by atoms with Gasteiger partial charge in [-0.15, -0.1) is 0 Å². The van der Waals surface area contributed by atoms with E-state index in [1.807, 2.05) is 0 Å². The topological polar surface area (TPSA) is 60.2 Å². The molecule has 1 aliphatic rings. The van der Waals surface area contributed by atoms with E-state index in [4.69, 9.17) is 17.3 Å². The third-order valence-electron chi connectivity index (χ3n) is 3.02. The molecule has 0 unspecified atom stereocenters. The minimum atomic E-state index is -0.231. The molecule has 3 rings (SSSR count). The number of ketones is 2. The molecule has 0 spiro atoms. The summed E-state index contributed by atoms with van der Waals surface area (Å²) >= 11 is 6.00. The molecule has 0 saturated carbocycles. The van der Waals surface area contributed by atoms with Crippen LogP contribution in [0, 0.1) is 0 Å². The number of anilines is 1. The Morgan fingerprint density at radius 3 is 2.44 bits per heavy atom. The molecule has 0 amide bonds. The molecule has 3 nitrogen and oxygen atoms in total. The first kappa shape index (κ1) is 11.0. The normalized spacial score (nSPS) is 13.2. The maximum absolute atomic E-state index is 12.3. The monoisotopic (exact) mass is 257 g/mol. The Balaban J connectivity index is 2.35. The number of rotatable bonds is 0. The van der Waals surface area contributed by atoms with Crippen LogP contribution in [0.15, 0.2) is 36.4 Å². The third-order valence-corrected chi connectivity index (χ3v) is 3.33. The number of nitrogens with two attached hydrogens (primary N) is 1. The van der Waals surface area contributed by atoms with Crippen LogP contribution >= 0.6 is 11.6 Å². The van der Waals surface area contributed by atoms with E-state index in [0.717, 1.165) is 0 Å². The fourth-order valence-electron chi connectivity index (χ4n) is 2.17. The fraction of sp³-hybridized carbons (Fsp3) is 0. The smallest absolute Gasteiger partial charge is 0.196 e. The van der Waals surface area contributed by atoms with Crippen LogP contribution in [0.1, 0.15) is 31.8 Å². The Morgan fingerprint density at radius 1 is 0.889 bits per heavy atom. The Labute approximate surface area is 108 Å². The minimum Gasteiger partial charge on any atom is -0.399 e. The summed E-state index contributed by atoms with van der Waals surface area (Å²) in [6.45, 7) is 0. The molecule has 0 aromatic heterocycles. The van der Waals surface area contributed by atoms with Crippen molar-refractivity contribution in [3.05, 3.63) is 63.7 Å². The molecule has 0 bridgehead atoms. The Kier molecular flexibility index (Phi) is 2.25. The lowest BCUT2D eigenvalue weighted by molar-refractivity contribution is 0.0979. The van der Waals surface area contributed by atoms with Crippen molar-refractivity contribution in [1.29, 1.82) is 0 Å². The number of benzene rings is 2. The minimum absolute atomic E-state index is 0.214. The summed E-state index contributed by atoms with van der Waals surface area (Å²) in [5.74, 6) is -0.445. The van der Waals surface area contributed by atoms with Crippen LogP contribution in [0.25, 0.3) is 0 Å². The van der Waals surface area contributed by atoms with E-state index in [1.54, 1.807) is 30.3 Å². The molecule has 0 atom stereocenters. The zero-order valence-corrected chi connectivity index (χ0v) is 9.99. The predicted molar refractivity (Wildman–Crippen MR) is 69.2 cm³/mol. The lowest BCUT2D eigenvalue weighted by Gasteiger charge is -2.18. The van der Waals surface area contributed by atoms with Gasteiger partial charge in [-0.05, 0) is 24.3 Å². The number of carbonyl (C=O) groups excluding carboxylic acids is 2. The molecule has 18 heavy (non-hydrogen) atoms. The molecule has 0 heterocycles. The summed E-state index contributed by atoms with van der Waals surface area (Å²) in [6.07, 6.45) is 0. The van der Waals surface area contributed by atoms with Crippen LogP contribution in [0.4, 0.5) is 5.69 Å². The number of hydrogen-bond acceptors (Lipinski definition) is 3. The lowest BCUT2D eigenvalue weighted by Crippen LogP contribution is -2.21. The molecule has 2 aromatic rings. The van der Waals surface area contributed by atoms with Gasteiger partial charge in [-0.3, -0.25) is 9.59 Å². The highest BCUT2D eigenvalue weighted by Crippen LogP contribution is 2.32. The van der Waals surface area contributed by atoms with Gasteiger partial charge in [-0.25, -0.2) is 0 Å². The standard InChI is InChI=1S/C14H8ClNO2/c15-11-3-1-2-9-12(11)14(18)8-5-4-7(16)6-10(8)13(9)17/h1-6H,16H2. The summed E-state index contributed by atoms with van der Waals surface area (Å²) in [4.78, 5) is 24.6. The van der Waals surface area contributed by atoms with Crippen LogP contribution < -0.4 is 5.73 Å². The van der Waals surface area contributed by atoms with Gasteiger partial charge in [0.05, 0.1) is 10.6 Å². The van der Waals surface area contributed by atoms with Crippen molar-refractivity contribution in [2.45, 2.75) is 0 Å². The summed E-state index contributed by atoms with van der Waals surface area (Å²) in [6, 6.07) is 9.56. The second-order valence-electron chi connectivity index (χ2n) is 4.13. The second kappa shape index (κ2) is 3.68. The van der Waals surface area contributed by atoms with Crippen molar-refractivity contribution in [3.8, 4) is 0 Å². The highest BCUT2D eigenvalue weighted by molar-refractivity contribution is 6.39. The molecule has 2 N–H and O–H groups in total. The number of fused-ring (bicyclic) bond motifs is 2. The number of hydrogen-bond donors (Lipinski definition) is 1. The number of carbonyl (C=O) groups is 2. The first-order valence-corrected chi connectivity index (χ1v) is 5.75. The van der Waals surface area contributed by atoms with E-state index < -0.39 is 0 Å². The largest absolute Gasteiger partial charge is 0.399 e. The maximum Gasteiger partial charge on any atom is 0.196 e. The van der Waals surface area contributed by atoms with Crippen LogP contribution in [0.3, 0.4) is 0 Å². The van der Waals surface area contributed by atoms with E-state index >= 15 is 0 Å². The Morgan fingerprint density at radius 2 is 1.67 bits per heavy atom. The highest BCUT2D eigenvalue weighted by atomic mass is 35.5. The van der Waals surface area contributed by atoms with Gasteiger partial charge in [-0.1, -0.05) is 23.7 Å². The second-order valence-corrected chi connectivity index (χ2v) is 4.53. The van der Waals surface area contributed by atoms with Crippen LogP contribution in [0.2, 0.25) is 5.02 Å². The summed E-state index contributed by atoms with van der Waals surface area (Å²) in [5.41, 5.74) is 7.42. The molecule has 0 fully saturated rings. The maximum atomic E-state index is 12.3. The molecule has 2 aromatic carbocycles. The first-order chi connectivity index (χ1) is 8.59. The zero-order chi connectivity index (χ0) is 12.9. The first-order valence-electron chi connectivity index (χ1n) is 5.37. The number of halogens is 1. The SMILES string of the molecule is Nc1ccc2c(c1)C(=O)c1cccc(Cl)c1C2=O. The highest BCUT2D eigenvalue weighted by Gasteiger charge is 2.31. The molecular weight excluding hydrogens is 250 g/mol. The summed E-state index contributed by atoms with van der Waals surface area (Å²) in [7, 11) is 0. The van der Waals surface area contributed by atoms with Crippen molar-refractivity contribution in [3.63, 3.8) is 0 Å². The van der Waals surface area contributed by atoms with Gasteiger partial charge in [0.15, 0.2) is 11.6 Å². The van der Waals surface area contributed by atoms with E-state index in [9.17, 15) is 9.59 Å². The molecular formula is C14H8ClNO2. The average Bonchev–Trinajstić information content (AvgIpc) is 2.35. The molecule has 4 heteroatoms. The van der Waals surface area contributed by atoms with Crippen LogP contribution in [0.5, 0.6) is 0 Å². The van der Waals surface area contributed by atoms with Crippen molar-refractivity contribution in [2.75, 3.05) is 5.73 Å². The zero-order valence-electron chi connectivity index (χ0n) is 9.24. The summed E-state index contributed by atoms with van der Waals surface area (Å²) < 4.78 is 0. The predicted octanol–water partition coefficient (Wildman–Crippen LogP) is 2.70. The van der Waals surface area contributed by atoms with Gasteiger partial charge in [-0.2, -0.15) is 0 Å². The summed E-state index contributed by atoms with van der Waals surface area (Å²) in [5, 5.41) is 0.299. The molecule has 0 aliphatic heterocycles. The van der Waals surface area contributed by atoms with Gasteiger partial charge in [0, 0.05) is 22.4 Å². The van der Waals surface area contributed by atoms with Crippen molar-refractivity contribution in [2.24, 2.45) is 0 Å². The van der Waals surface area contributed by atoms with E-state index in [0.29, 0.717) is 27.4 Å². The lowest BCUT2D eigenvalue weighted by atomic mass is 9.84. The van der Waals surface area contributed by atoms with Crippen molar-refractivity contribution >= 4 is 28.9 Å². The van der Waals surface area contributed by atoms with Gasteiger partial charge >= 0.3 is 0 Å². The molecule has 0 radical (unpaired) electrons. The van der Waals surface area contributed by atoms with E-state index in [1.165, 1.54) is 6.07 Å². The molecule has 0 saturated heterocycles. The van der Waals surface area contributed by atoms with Crippen molar-refractivity contribution < 1.29 is 9.59 Å². The average molecular weight is 258 g/mol. The Hall–Kier alpha value is -2.13. The van der Waals surface area contributed by atoms with E-state index in [-0.39, 0.29) is 17.1 Å². The van der Waals surface area contributed by atoms with Crippen molar-refractivity contribution in [1.82, 2.24) is 0 Å². The Bertz CT molecular complexity index is 703. The van der Waals surface area contributed by atoms with Crippen LogP contribution in [-0.2, 0) is 0 Å². The van der Waals surface area contributed by atoms with Gasteiger partial charge in [0.2, 0.25) is 0 Å². The van der Waals surface area contributed by atoms with Gasteiger partial charge in [0.1, 0.15) is 0 Å². The fourth-order valence-corrected chi connectivity index (χ4v) is 2.43. The third kappa shape index (κ3) is 1.38. The molecule has 1 aliphatic carbocycles. The molecule has 88 valence electrons. The van der Waals surface area contributed by atoms with Gasteiger partial charge in [0.25, 0.3) is 0 Å². The van der Waals surface area contributed by atoms with Gasteiger partial charge < -0.3 is 5.73 Å². The van der Waals surface area contributed by atoms with Crippen LogP contribution in [-0.4, -0.2) is 11.6 Å². The number of nitrogen functional groups attached to an aromatic ring is 1. The van der Waals surface area contributed by atoms with E-state index in [2.05, 4.69) is 0 Å². The quantitative estimate of drug-likeness (QED) is 0.630.